The van der Waals surface area contributed by atoms with Crippen LogP contribution in [0.1, 0.15) is 24.2 Å². The molecule has 0 aliphatic carbocycles. The molecule has 1 rings (SSSR count). The normalized spacial score (nSPS) is 10.7. The Kier molecular flexibility index (Phi) is 7.07. The molecule has 1 aromatic rings. The van der Waals surface area contributed by atoms with Gasteiger partial charge in [0.1, 0.15) is 0 Å². The highest BCUT2D eigenvalue weighted by Gasteiger charge is 2.15. The SMILES string of the molecule is CSc1ccc(Cl)c(C(=O)NCC(C)(C)N)c1.Cl. The summed E-state index contributed by atoms with van der Waals surface area (Å²) < 4.78 is 0. The lowest BCUT2D eigenvalue weighted by Gasteiger charge is -2.19. The number of hydrogen-bond donors (Lipinski definition) is 2. The fourth-order valence-corrected chi connectivity index (χ4v) is 1.85. The number of halogens is 2. The van der Waals surface area contributed by atoms with E-state index in [1.807, 2.05) is 26.2 Å². The van der Waals surface area contributed by atoms with E-state index in [1.165, 1.54) is 0 Å². The van der Waals surface area contributed by atoms with Crippen molar-refractivity contribution in [1.29, 1.82) is 0 Å². The summed E-state index contributed by atoms with van der Waals surface area (Å²) in [5.41, 5.74) is 5.86. The van der Waals surface area contributed by atoms with Crippen molar-refractivity contribution in [3.63, 3.8) is 0 Å². The molecule has 18 heavy (non-hydrogen) atoms. The maximum absolute atomic E-state index is 11.9. The Labute approximate surface area is 123 Å². The minimum absolute atomic E-state index is 0. The second-order valence-corrected chi connectivity index (χ2v) is 5.80. The molecule has 0 saturated carbocycles. The summed E-state index contributed by atoms with van der Waals surface area (Å²) in [6, 6.07) is 5.40. The minimum atomic E-state index is -0.431. The average molecular weight is 309 g/mol. The average Bonchev–Trinajstić information content (AvgIpc) is 2.25. The lowest BCUT2D eigenvalue weighted by molar-refractivity contribution is 0.0946. The summed E-state index contributed by atoms with van der Waals surface area (Å²) >= 11 is 7.57. The molecule has 0 unspecified atom stereocenters. The number of rotatable bonds is 4. The van der Waals surface area contributed by atoms with Crippen LogP contribution < -0.4 is 11.1 Å². The Balaban J connectivity index is 0.00000289. The van der Waals surface area contributed by atoms with E-state index < -0.39 is 5.54 Å². The third-order valence-electron chi connectivity index (χ3n) is 2.12. The van der Waals surface area contributed by atoms with Crippen molar-refractivity contribution >= 4 is 41.7 Å². The monoisotopic (exact) mass is 308 g/mol. The van der Waals surface area contributed by atoms with E-state index in [2.05, 4.69) is 5.32 Å². The predicted octanol–water partition coefficient (Wildman–Crippen LogP) is 2.95. The van der Waals surface area contributed by atoms with E-state index >= 15 is 0 Å². The Morgan fingerprint density at radius 1 is 1.50 bits per heavy atom. The Hall–Kier alpha value is -0.420. The molecule has 6 heteroatoms. The smallest absolute Gasteiger partial charge is 0.252 e. The van der Waals surface area contributed by atoms with Crippen LogP contribution in [0.4, 0.5) is 0 Å². The molecule has 0 radical (unpaired) electrons. The molecule has 0 aromatic heterocycles. The molecular weight excluding hydrogens is 291 g/mol. The first-order chi connectivity index (χ1) is 7.83. The lowest BCUT2D eigenvalue weighted by Crippen LogP contribution is -2.45. The van der Waals surface area contributed by atoms with Gasteiger partial charge in [0, 0.05) is 17.0 Å². The maximum Gasteiger partial charge on any atom is 0.252 e. The molecule has 0 atom stereocenters. The van der Waals surface area contributed by atoms with Crippen molar-refractivity contribution in [3.05, 3.63) is 28.8 Å². The number of carbonyl (C=O) groups excluding carboxylic acids is 1. The Morgan fingerprint density at radius 2 is 2.11 bits per heavy atom. The summed E-state index contributed by atoms with van der Waals surface area (Å²) in [6.45, 7) is 4.12. The molecular formula is C12H18Cl2N2OS. The minimum Gasteiger partial charge on any atom is -0.350 e. The zero-order chi connectivity index (χ0) is 13.1. The second kappa shape index (κ2) is 7.24. The van der Waals surface area contributed by atoms with E-state index in [0.29, 0.717) is 17.1 Å². The van der Waals surface area contributed by atoms with Gasteiger partial charge in [0.05, 0.1) is 10.6 Å². The van der Waals surface area contributed by atoms with Gasteiger partial charge < -0.3 is 11.1 Å². The summed E-state index contributed by atoms with van der Waals surface area (Å²) in [6.07, 6.45) is 1.95. The summed E-state index contributed by atoms with van der Waals surface area (Å²) in [4.78, 5) is 12.9. The first kappa shape index (κ1) is 17.6. The molecule has 0 spiro atoms. The number of thioether (sulfide) groups is 1. The van der Waals surface area contributed by atoms with Crippen LogP contribution in [0.25, 0.3) is 0 Å². The molecule has 0 fully saturated rings. The highest BCUT2D eigenvalue weighted by Crippen LogP contribution is 2.22. The van der Waals surface area contributed by atoms with E-state index in [-0.39, 0.29) is 18.3 Å². The van der Waals surface area contributed by atoms with Crippen LogP contribution in [-0.4, -0.2) is 24.2 Å². The third kappa shape index (κ3) is 5.48. The van der Waals surface area contributed by atoms with Crippen LogP contribution in [0.2, 0.25) is 5.02 Å². The molecule has 3 nitrogen and oxygen atoms in total. The van der Waals surface area contributed by atoms with Crippen LogP contribution in [0.3, 0.4) is 0 Å². The zero-order valence-electron chi connectivity index (χ0n) is 10.6. The highest BCUT2D eigenvalue weighted by atomic mass is 35.5. The van der Waals surface area contributed by atoms with Crippen LogP contribution in [0.15, 0.2) is 23.1 Å². The van der Waals surface area contributed by atoms with E-state index in [9.17, 15) is 4.79 Å². The van der Waals surface area contributed by atoms with E-state index in [1.54, 1.807) is 23.9 Å². The quantitative estimate of drug-likeness (QED) is 0.841. The maximum atomic E-state index is 11.9. The van der Waals surface area contributed by atoms with Crippen molar-refractivity contribution in [1.82, 2.24) is 5.32 Å². The first-order valence-electron chi connectivity index (χ1n) is 5.24. The molecule has 0 saturated heterocycles. The van der Waals surface area contributed by atoms with Gasteiger partial charge in [-0.05, 0) is 38.3 Å². The summed E-state index contributed by atoms with van der Waals surface area (Å²) in [5.74, 6) is -0.190. The fraction of sp³-hybridized carbons (Fsp3) is 0.417. The van der Waals surface area contributed by atoms with E-state index in [4.69, 9.17) is 17.3 Å². The van der Waals surface area contributed by atoms with Gasteiger partial charge in [0.25, 0.3) is 5.91 Å². The van der Waals surface area contributed by atoms with Crippen molar-refractivity contribution in [3.8, 4) is 0 Å². The molecule has 0 aliphatic heterocycles. The number of hydrogen-bond acceptors (Lipinski definition) is 3. The number of benzene rings is 1. The van der Waals surface area contributed by atoms with Crippen molar-refractivity contribution in [2.24, 2.45) is 5.73 Å². The predicted molar refractivity (Wildman–Crippen MR) is 81.1 cm³/mol. The summed E-state index contributed by atoms with van der Waals surface area (Å²) in [5, 5.41) is 3.23. The van der Waals surface area contributed by atoms with Crippen LogP contribution in [0, 0.1) is 0 Å². The van der Waals surface area contributed by atoms with Crippen molar-refractivity contribution < 1.29 is 4.79 Å². The molecule has 1 aromatic carbocycles. The lowest BCUT2D eigenvalue weighted by atomic mass is 10.1. The van der Waals surface area contributed by atoms with Gasteiger partial charge >= 0.3 is 0 Å². The molecule has 3 N–H and O–H groups in total. The first-order valence-corrected chi connectivity index (χ1v) is 6.84. The van der Waals surface area contributed by atoms with E-state index in [0.717, 1.165) is 4.90 Å². The van der Waals surface area contributed by atoms with Crippen molar-refractivity contribution in [2.75, 3.05) is 12.8 Å². The third-order valence-corrected chi connectivity index (χ3v) is 3.18. The standard InChI is InChI=1S/C12H17ClN2OS.ClH/c1-12(2,14)7-15-11(16)9-6-8(17-3)4-5-10(9)13;/h4-6H,7,14H2,1-3H3,(H,15,16);1H. The van der Waals surface area contributed by atoms with Gasteiger partial charge in [-0.2, -0.15) is 0 Å². The number of amides is 1. The van der Waals surface area contributed by atoms with Gasteiger partial charge in [0.2, 0.25) is 0 Å². The largest absolute Gasteiger partial charge is 0.350 e. The molecule has 1 amide bonds. The topological polar surface area (TPSA) is 55.1 Å². The number of nitrogens with two attached hydrogens (primary N) is 1. The molecule has 0 bridgehead atoms. The molecule has 102 valence electrons. The molecule has 0 heterocycles. The van der Waals surface area contributed by atoms with Gasteiger partial charge in [-0.3, -0.25) is 4.79 Å². The number of carbonyl (C=O) groups is 1. The second-order valence-electron chi connectivity index (χ2n) is 4.52. The zero-order valence-corrected chi connectivity index (χ0v) is 13.0. The van der Waals surface area contributed by atoms with Crippen LogP contribution in [-0.2, 0) is 0 Å². The molecule has 0 aliphatic rings. The highest BCUT2D eigenvalue weighted by molar-refractivity contribution is 7.98. The van der Waals surface area contributed by atoms with Crippen LogP contribution in [0.5, 0.6) is 0 Å². The van der Waals surface area contributed by atoms with Crippen molar-refractivity contribution in [2.45, 2.75) is 24.3 Å². The fourth-order valence-electron chi connectivity index (χ4n) is 1.21. The van der Waals surface area contributed by atoms with Gasteiger partial charge in [-0.1, -0.05) is 11.6 Å². The van der Waals surface area contributed by atoms with Crippen LogP contribution >= 0.6 is 35.8 Å². The number of nitrogens with one attached hydrogen (secondary N) is 1. The Bertz CT molecular complexity index is 419. The van der Waals surface area contributed by atoms with Gasteiger partial charge in [-0.15, -0.1) is 24.2 Å². The summed E-state index contributed by atoms with van der Waals surface area (Å²) in [7, 11) is 0. The Morgan fingerprint density at radius 3 is 2.61 bits per heavy atom. The van der Waals surface area contributed by atoms with Gasteiger partial charge in [0.15, 0.2) is 0 Å². The van der Waals surface area contributed by atoms with Gasteiger partial charge in [-0.25, -0.2) is 0 Å².